The number of unbranched alkanes of at least 4 members (excludes halogenated alkanes) is 1. The molecule has 0 fully saturated rings. The number of anilines is 1. The first-order valence-electron chi connectivity index (χ1n) is 12.7. The normalized spacial score (nSPS) is 11.2. The van der Waals surface area contributed by atoms with Gasteiger partial charge in [0.2, 0.25) is 5.91 Å². The monoisotopic (exact) mass is 595 g/mol. The third-order valence-electron chi connectivity index (χ3n) is 5.90. The molecule has 11 nitrogen and oxygen atoms in total. The number of carbonyl (C=O) groups excluding carboxylic acids is 2. The summed E-state index contributed by atoms with van der Waals surface area (Å²) in [7, 11) is -2.52. The van der Waals surface area contributed by atoms with E-state index in [0.717, 1.165) is 24.6 Å². The molecular formula is C28H29N5O6S2. The van der Waals surface area contributed by atoms with Gasteiger partial charge in [0, 0.05) is 12.2 Å². The van der Waals surface area contributed by atoms with Gasteiger partial charge in [0.05, 0.1) is 34.3 Å². The molecule has 0 aliphatic carbocycles. The summed E-state index contributed by atoms with van der Waals surface area (Å²) in [5, 5.41) is 5.97. The van der Waals surface area contributed by atoms with Crippen molar-refractivity contribution in [3.8, 4) is 11.4 Å². The smallest absolute Gasteiger partial charge is 0.328 e. The molecule has 0 aliphatic heterocycles. The van der Waals surface area contributed by atoms with Crippen molar-refractivity contribution in [1.29, 1.82) is 0 Å². The average Bonchev–Trinajstić information content (AvgIpc) is 2.96. The zero-order valence-electron chi connectivity index (χ0n) is 22.4. The Morgan fingerprint density at radius 3 is 2.39 bits per heavy atom. The first-order valence-corrected chi connectivity index (χ1v) is 15.2. The summed E-state index contributed by atoms with van der Waals surface area (Å²) >= 11 is 1.09. The van der Waals surface area contributed by atoms with Crippen molar-refractivity contribution in [1.82, 2.24) is 19.6 Å². The molecule has 214 valence electrons. The van der Waals surface area contributed by atoms with Gasteiger partial charge in [-0.05, 0) is 67.1 Å². The molecule has 3 N–H and O–H groups in total. The van der Waals surface area contributed by atoms with Gasteiger partial charge >= 0.3 is 6.03 Å². The van der Waals surface area contributed by atoms with Crippen LogP contribution in [-0.4, -0.2) is 49.3 Å². The van der Waals surface area contributed by atoms with Crippen LogP contribution >= 0.6 is 11.8 Å². The summed E-state index contributed by atoms with van der Waals surface area (Å²) in [6, 6.07) is 18.5. The lowest BCUT2D eigenvalue weighted by molar-refractivity contribution is -0.113. The van der Waals surface area contributed by atoms with Crippen molar-refractivity contribution in [2.24, 2.45) is 0 Å². The van der Waals surface area contributed by atoms with Crippen molar-refractivity contribution < 1.29 is 22.7 Å². The molecule has 1 heterocycles. The fourth-order valence-corrected chi connectivity index (χ4v) is 5.55. The number of fused-ring (bicyclic) bond motifs is 1. The molecule has 4 rings (SSSR count). The minimum atomic E-state index is -4.07. The van der Waals surface area contributed by atoms with E-state index >= 15 is 0 Å². The first-order chi connectivity index (χ1) is 19.7. The van der Waals surface area contributed by atoms with Gasteiger partial charge < -0.3 is 15.4 Å². The zero-order chi connectivity index (χ0) is 29.4. The van der Waals surface area contributed by atoms with Crippen molar-refractivity contribution in [3.05, 3.63) is 83.2 Å². The highest BCUT2D eigenvalue weighted by Gasteiger charge is 2.18. The Labute approximate surface area is 241 Å². The predicted octanol–water partition coefficient (Wildman–Crippen LogP) is 3.91. The molecule has 0 saturated heterocycles. The van der Waals surface area contributed by atoms with Crippen molar-refractivity contribution in [3.63, 3.8) is 0 Å². The second-order valence-corrected chi connectivity index (χ2v) is 11.5. The number of ether oxygens (including phenoxy) is 1. The van der Waals surface area contributed by atoms with Crippen LogP contribution in [0.1, 0.15) is 19.8 Å². The third kappa shape index (κ3) is 7.44. The maximum absolute atomic E-state index is 13.4. The van der Waals surface area contributed by atoms with Crippen molar-refractivity contribution in [2.75, 3.05) is 24.7 Å². The van der Waals surface area contributed by atoms with Crippen LogP contribution < -0.4 is 25.7 Å². The number of hydrogen-bond donors (Lipinski definition) is 3. The standard InChI is InChI=1S/C28H29N5O6S2/c1-3-4-17-29-27(36)32-41(37,38)22-15-9-19(10-16-22)30-25(34)18-40-28-31-24-8-6-5-7-23(24)26(35)33(28)20-11-13-21(39-2)14-12-20/h5-16H,3-4,17-18H2,1-2H3,(H,30,34)(H2,29,32,36). The summed E-state index contributed by atoms with van der Waals surface area (Å²) in [6.07, 6.45) is 1.59. The number of methoxy groups -OCH3 is 1. The van der Waals surface area contributed by atoms with Crippen LogP contribution in [0.5, 0.6) is 5.75 Å². The molecule has 3 amide bonds. The van der Waals surface area contributed by atoms with Crippen LogP contribution in [0.15, 0.2) is 87.6 Å². The van der Waals surface area contributed by atoms with Crippen LogP contribution in [0.25, 0.3) is 16.6 Å². The number of urea groups is 1. The van der Waals surface area contributed by atoms with Gasteiger partial charge in [-0.25, -0.2) is 22.9 Å². The number of para-hydroxylation sites is 1. The molecule has 3 aromatic carbocycles. The molecule has 0 saturated carbocycles. The van der Waals surface area contributed by atoms with E-state index in [2.05, 4.69) is 15.6 Å². The Morgan fingerprint density at radius 1 is 1.00 bits per heavy atom. The second-order valence-electron chi connectivity index (χ2n) is 8.83. The highest BCUT2D eigenvalue weighted by Crippen LogP contribution is 2.23. The molecule has 1 aromatic heterocycles. The average molecular weight is 596 g/mol. The van der Waals surface area contributed by atoms with Crippen LogP contribution in [0.4, 0.5) is 10.5 Å². The molecule has 41 heavy (non-hydrogen) atoms. The maximum Gasteiger partial charge on any atom is 0.328 e. The summed E-state index contributed by atoms with van der Waals surface area (Å²) in [4.78, 5) is 42.5. The summed E-state index contributed by atoms with van der Waals surface area (Å²) in [5.74, 6) is 0.178. The number of aromatic nitrogens is 2. The number of amides is 3. The molecule has 0 unspecified atom stereocenters. The fraction of sp³-hybridized carbons (Fsp3) is 0.214. The van der Waals surface area contributed by atoms with Crippen molar-refractivity contribution >= 4 is 50.3 Å². The fourth-order valence-electron chi connectivity index (χ4n) is 3.81. The topological polar surface area (TPSA) is 148 Å². The highest BCUT2D eigenvalue weighted by molar-refractivity contribution is 7.99. The Morgan fingerprint density at radius 2 is 1.71 bits per heavy atom. The van der Waals surface area contributed by atoms with E-state index < -0.39 is 16.1 Å². The second kappa shape index (κ2) is 13.3. The molecule has 0 atom stereocenters. The zero-order valence-corrected chi connectivity index (χ0v) is 24.1. The molecular weight excluding hydrogens is 566 g/mol. The highest BCUT2D eigenvalue weighted by atomic mass is 32.2. The van der Waals surface area contributed by atoms with E-state index in [4.69, 9.17) is 4.74 Å². The van der Waals surface area contributed by atoms with Crippen LogP contribution in [0.3, 0.4) is 0 Å². The first kappa shape index (κ1) is 29.6. The molecule has 13 heteroatoms. The van der Waals surface area contributed by atoms with E-state index in [0.29, 0.717) is 39.7 Å². The largest absolute Gasteiger partial charge is 0.497 e. The maximum atomic E-state index is 13.4. The number of thioether (sulfide) groups is 1. The minimum absolute atomic E-state index is 0.0690. The lowest BCUT2D eigenvalue weighted by Crippen LogP contribution is -2.39. The van der Waals surface area contributed by atoms with Gasteiger partial charge in [-0.2, -0.15) is 0 Å². The molecule has 0 bridgehead atoms. The van der Waals surface area contributed by atoms with E-state index in [9.17, 15) is 22.8 Å². The summed E-state index contributed by atoms with van der Waals surface area (Å²) < 4.78 is 33.6. The van der Waals surface area contributed by atoms with E-state index in [1.807, 2.05) is 11.6 Å². The van der Waals surface area contributed by atoms with Crippen LogP contribution in [-0.2, 0) is 14.8 Å². The lowest BCUT2D eigenvalue weighted by atomic mass is 10.2. The molecule has 0 aliphatic rings. The SMILES string of the molecule is CCCCNC(=O)NS(=O)(=O)c1ccc(NC(=O)CSc2nc3ccccc3c(=O)n2-c2ccc(OC)cc2)cc1. The number of carbonyl (C=O) groups is 2. The Hall–Kier alpha value is -4.36. The number of nitrogens with one attached hydrogen (secondary N) is 3. The third-order valence-corrected chi connectivity index (χ3v) is 8.18. The van der Waals surface area contributed by atoms with Crippen LogP contribution in [0, 0.1) is 0 Å². The number of sulfonamides is 1. The van der Waals surface area contributed by atoms with Gasteiger partial charge in [-0.15, -0.1) is 0 Å². The quantitative estimate of drug-likeness (QED) is 0.134. The van der Waals surface area contributed by atoms with Gasteiger partial charge in [0.15, 0.2) is 5.16 Å². The summed E-state index contributed by atoms with van der Waals surface area (Å²) in [6.45, 7) is 2.32. The summed E-state index contributed by atoms with van der Waals surface area (Å²) in [5.41, 5.74) is 1.17. The van der Waals surface area contributed by atoms with Gasteiger partial charge in [0.25, 0.3) is 15.6 Å². The lowest BCUT2D eigenvalue weighted by Gasteiger charge is -2.14. The number of rotatable bonds is 11. The van der Waals surface area contributed by atoms with E-state index in [1.54, 1.807) is 55.6 Å². The van der Waals surface area contributed by atoms with Gasteiger partial charge in [-0.1, -0.05) is 37.2 Å². The number of nitrogens with zero attached hydrogens (tertiary/aromatic N) is 2. The minimum Gasteiger partial charge on any atom is -0.497 e. The number of benzene rings is 3. The molecule has 4 aromatic rings. The van der Waals surface area contributed by atoms with E-state index in [-0.39, 0.29) is 22.1 Å². The van der Waals surface area contributed by atoms with Gasteiger partial charge in [0.1, 0.15) is 5.75 Å². The predicted molar refractivity (Wildman–Crippen MR) is 158 cm³/mol. The van der Waals surface area contributed by atoms with E-state index in [1.165, 1.54) is 28.8 Å². The molecule has 0 radical (unpaired) electrons. The van der Waals surface area contributed by atoms with Crippen LogP contribution in [0.2, 0.25) is 0 Å². The van der Waals surface area contributed by atoms with Crippen molar-refractivity contribution in [2.45, 2.75) is 29.8 Å². The number of hydrogen-bond acceptors (Lipinski definition) is 8. The Balaban J connectivity index is 1.46. The Kier molecular flexibility index (Phi) is 9.63. The molecule has 0 spiro atoms. The Bertz CT molecular complexity index is 1710. The van der Waals surface area contributed by atoms with Gasteiger partial charge in [-0.3, -0.25) is 14.2 Å².